The number of carbonyl (C=O) groups excluding carboxylic acids is 1. The maximum atomic E-state index is 12.2. The fraction of sp³-hybridized carbons (Fsp3) is 0.588. The number of nitrogens with one attached hydrogen (secondary N) is 1. The molecule has 0 radical (unpaired) electrons. The number of amides is 1. The molecule has 3 rings (SSSR count). The summed E-state index contributed by atoms with van der Waals surface area (Å²) >= 11 is 1.56. The Kier molecular flexibility index (Phi) is 5.98. The number of thiophene rings is 1. The van der Waals surface area contributed by atoms with Crippen molar-refractivity contribution in [3.05, 3.63) is 23.4 Å². The van der Waals surface area contributed by atoms with E-state index < -0.39 is 0 Å². The molecule has 130 valence electrons. The van der Waals surface area contributed by atoms with Crippen molar-refractivity contribution in [3.63, 3.8) is 0 Å². The van der Waals surface area contributed by atoms with Crippen LogP contribution >= 0.6 is 11.3 Å². The van der Waals surface area contributed by atoms with Gasteiger partial charge in [0.2, 0.25) is 17.6 Å². The number of aromatic nitrogens is 2. The fourth-order valence-electron chi connectivity index (χ4n) is 3.27. The first-order valence-electron chi connectivity index (χ1n) is 8.62. The van der Waals surface area contributed by atoms with Gasteiger partial charge in [-0.05, 0) is 30.2 Å². The minimum absolute atomic E-state index is 0.00639. The van der Waals surface area contributed by atoms with Gasteiger partial charge in [0, 0.05) is 25.4 Å². The lowest BCUT2D eigenvalue weighted by Gasteiger charge is -2.30. The Morgan fingerprint density at radius 3 is 2.96 bits per heavy atom. The lowest BCUT2D eigenvalue weighted by Crippen LogP contribution is -2.46. The Hall–Kier alpha value is -1.73. The molecule has 0 spiro atoms. The van der Waals surface area contributed by atoms with Crippen LogP contribution in [0.15, 0.2) is 22.0 Å². The quantitative estimate of drug-likeness (QED) is 0.802. The average Bonchev–Trinajstić information content (AvgIpc) is 3.29. The smallest absolute Gasteiger partial charge is 0.227 e. The second kappa shape index (κ2) is 8.39. The largest absolute Gasteiger partial charge is 0.352 e. The molecule has 1 saturated carbocycles. The van der Waals surface area contributed by atoms with Crippen LogP contribution < -0.4 is 11.1 Å². The highest BCUT2D eigenvalue weighted by atomic mass is 32.1. The van der Waals surface area contributed by atoms with E-state index in [0.29, 0.717) is 37.0 Å². The standard InChI is InChI=1S/C17H24N4O2S/c18-11-13(12-5-2-1-3-6-12)19-15(22)8-9-16-20-17(21-23-16)14-7-4-10-24-14/h4,7,10,12-13H,1-3,5-6,8-9,11,18H2,(H,19,22). The molecular weight excluding hydrogens is 324 g/mol. The second-order valence-electron chi connectivity index (χ2n) is 6.30. The highest BCUT2D eigenvalue weighted by Crippen LogP contribution is 2.26. The van der Waals surface area contributed by atoms with Crippen molar-refractivity contribution in [1.82, 2.24) is 15.5 Å². The van der Waals surface area contributed by atoms with E-state index in [4.69, 9.17) is 10.3 Å². The summed E-state index contributed by atoms with van der Waals surface area (Å²) in [5, 5.41) is 9.02. The van der Waals surface area contributed by atoms with Crippen molar-refractivity contribution < 1.29 is 9.32 Å². The van der Waals surface area contributed by atoms with E-state index in [0.717, 1.165) is 17.7 Å². The van der Waals surface area contributed by atoms with E-state index in [9.17, 15) is 4.79 Å². The van der Waals surface area contributed by atoms with Crippen LogP contribution in [-0.4, -0.2) is 28.6 Å². The lowest BCUT2D eigenvalue weighted by atomic mass is 9.84. The number of aryl methyl sites for hydroxylation is 1. The van der Waals surface area contributed by atoms with Crippen molar-refractivity contribution in [2.75, 3.05) is 6.54 Å². The average molecular weight is 348 g/mol. The topological polar surface area (TPSA) is 94.0 Å². The lowest BCUT2D eigenvalue weighted by molar-refractivity contribution is -0.122. The summed E-state index contributed by atoms with van der Waals surface area (Å²) < 4.78 is 5.23. The van der Waals surface area contributed by atoms with Crippen molar-refractivity contribution >= 4 is 17.2 Å². The predicted molar refractivity (Wildman–Crippen MR) is 93.5 cm³/mol. The first kappa shape index (κ1) is 17.1. The van der Waals surface area contributed by atoms with Crippen LogP contribution in [0.2, 0.25) is 0 Å². The van der Waals surface area contributed by atoms with Gasteiger partial charge in [0.15, 0.2) is 0 Å². The van der Waals surface area contributed by atoms with Crippen LogP contribution in [0.1, 0.15) is 44.4 Å². The molecule has 0 aliphatic heterocycles. The SMILES string of the molecule is NCC(NC(=O)CCc1nc(-c2cccs2)no1)C1CCCCC1. The minimum Gasteiger partial charge on any atom is -0.352 e. The van der Waals surface area contributed by atoms with Crippen LogP contribution in [0.3, 0.4) is 0 Å². The van der Waals surface area contributed by atoms with Gasteiger partial charge in [-0.3, -0.25) is 4.79 Å². The van der Waals surface area contributed by atoms with Crippen molar-refractivity contribution in [3.8, 4) is 10.7 Å². The van der Waals surface area contributed by atoms with E-state index in [1.54, 1.807) is 11.3 Å². The normalized spacial score (nSPS) is 16.9. The molecule has 1 atom stereocenters. The van der Waals surface area contributed by atoms with Gasteiger partial charge in [0.05, 0.1) is 4.88 Å². The third-order valence-corrected chi connectivity index (χ3v) is 5.46. The molecule has 1 fully saturated rings. The predicted octanol–water partition coefficient (Wildman–Crippen LogP) is 2.75. The molecule has 24 heavy (non-hydrogen) atoms. The van der Waals surface area contributed by atoms with Crippen LogP contribution in [0, 0.1) is 5.92 Å². The van der Waals surface area contributed by atoms with Gasteiger partial charge >= 0.3 is 0 Å². The van der Waals surface area contributed by atoms with Crippen molar-refractivity contribution in [1.29, 1.82) is 0 Å². The fourth-order valence-corrected chi connectivity index (χ4v) is 3.92. The van der Waals surface area contributed by atoms with E-state index >= 15 is 0 Å². The molecule has 0 bridgehead atoms. The summed E-state index contributed by atoms with van der Waals surface area (Å²) in [6.45, 7) is 0.499. The minimum atomic E-state index is 0.00639. The summed E-state index contributed by atoms with van der Waals surface area (Å²) in [5.74, 6) is 1.60. The van der Waals surface area contributed by atoms with Crippen LogP contribution in [0.25, 0.3) is 10.7 Å². The molecule has 3 N–H and O–H groups in total. The maximum absolute atomic E-state index is 12.2. The Morgan fingerprint density at radius 1 is 1.42 bits per heavy atom. The highest BCUT2D eigenvalue weighted by molar-refractivity contribution is 7.13. The first-order chi connectivity index (χ1) is 11.8. The molecule has 6 nitrogen and oxygen atoms in total. The van der Waals surface area contributed by atoms with Crippen molar-refractivity contribution in [2.45, 2.75) is 51.0 Å². The summed E-state index contributed by atoms with van der Waals surface area (Å²) in [7, 11) is 0. The van der Waals surface area contributed by atoms with Crippen LogP contribution in [0.5, 0.6) is 0 Å². The second-order valence-corrected chi connectivity index (χ2v) is 7.24. The molecule has 2 heterocycles. The summed E-state index contributed by atoms with van der Waals surface area (Å²) in [5.41, 5.74) is 5.86. The summed E-state index contributed by atoms with van der Waals surface area (Å²) in [6, 6.07) is 3.98. The molecule has 0 aromatic carbocycles. The maximum Gasteiger partial charge on any atom is 0.227 e. The van der Waals surface area contributed by atoms with E-state index in [2.05, 4.69) is 15.5 Å². The molecular formula is C17H24N4O2S. The molecule has 0 saturated heterocycles. The third kappa shape index (κ3) is 4.42. The van der Waals surface area contributed by atoms with Gasteiger partial charge in [0.1, 0.15) is 0 Å². The van der Waals surface area contributed by atoms with Crippen LogP contribution in [-0.2, 0) is 11.2 Å². The number of hydrogen-bond donors (Lipinski definition) is 2. The van der Waals surface area contributed by atoms with Gasteiger partial charge in [-0.1, -0.05) is 30.5 Å². The van der Waals surface area contributed by atoms with Gasteiger partial charge < -0.3 is 15.6 Å². The van der Waals surface area contributed by atoms with Gasteiger partial charge in [-0.2, -0.15) is 4.98 Å². The Labute approximate surface area is 145 Å². The number of nitrogens with two attached hydrogens (primary N) is 1. The zero-order chi connectivity index (χ0) is 16.8. The molecule has 2 aromatic heterocycles. The van der Waals surface area contributed by atoms with Crippen molar-refractivity contribution in [2.24, 2.45) is 11.7 Å². The summed E-state index contributed by atoms with van der Waals surface area (Å²) in [6.07, 6.45) is 6.90. The van der Waals surface area contributed by atoms with Crippen LogP contribution in [0.4, 0.5) is 0 Å². The molecule has 1 unspecified atom stereocenters. The van der Waals surface area contributed by atoms with Gasteiger partial charge in [-0.25, -0.2) is 0 Å². The van der Waals surface area contributed by atoms with E-state index in [1.807, 2.05) is 17.5 Å². The Bertz CT molecular complexity index is 635. The molecule has 2 aromatic rings. The van der Waals surface area contributed by atoms with E-state index in [1.165, 1.54) is 19.3 Å². The number of carbonyl (C=O) groups is 1. The zero-order valence-electron chi connectivity index (χ0n) is 13.7. The number of rotatable bonds is 7. The highest BCUT2D eigenvalue weighted by Gasteiger charge is 2.24. The number of nitrogens with zero attached hydrogens (tertiary/aromatic N) is 2. The zero-order valence-corrected chi connectivity index (χ0v) is 14.6. The monoisotopic (exact) mass is 348 g/mol. The summed E-state index contributed by atoms with van der Waals surface area (Å²) in [4.78, 5) is 17.5. The molecule has 1 amide bonds. The molecule has 1 aliphatic carbocycles. The number of hydrogen-bond acceptors (Lipinski definition) is 6. The molecule has 7 heteroatoms. The van der Waals surface area contributed by atoms with Gasteiger partial charge in [-0.15, -0.1) is 11.3 Å². The van der Waals surface area contributed by atoms with Gasteiger partial charge in [0.25, 0.3) is 0 Å². The molecule has 1 aliphatic rings. The third-order valence-electron chi connectivity index (χ3n) is 4.59. The Morgan fingerprint density at radius 2 is 2.25 bits per heavy atom. The first-order valence-corrected chi connectivity index (χ1v) is 9.50. The Balaban J connectivity index is 1.48. The van der Waals surface area contributed by atoms with E-state index in [-0.39, 0.29) is 11.9 Å².